The summed E-state index contributed by atoms with van der Waals surface area (Å²) in [6.45, 7) is 2.41. The number of hydrogen-bond acceptors (Lipinski definition) is 7. The van der Waals surface area contributed by atoms with Gasteiger partial charge >= 0.3 is 0 Å². The zero-order chi connectivity index (χ0) is 23.6. The SMILES string of the molecule is N#Cc1ccc(S(=O)(=O)N2CCN(Cn3cc(S(=O)(=O)N4CCCC4)ccc3=O)CC2)cc1. The second-order valence-electron chi connectivity index (χ2n) is 8.08. The van der Waals surface area contributed by atoms with Gasteiger partial charge in [0.1, 0.15) is 0 Å². The third kappa shape index (κ3) is 4.87. The molecule has 0 radical (unpaired) electrons. The van der Waals surface area contributed by atoms with Gasteiger partial charge in [0.2, 0.25) is 20.0 Å². The Morgan fingerprint density at radius 2 is 1.30 bits per heavy atom. The van der Waals surface area contributed by atoms with Gasteiger partial charge in [-0.3, -0.25) is 9.69 Å². The first kappa shape index (κ1) is 23.6. The van der Waals surface area contributed by atoms with E-state index in [0.29, 0.717) is 31.7 Å². The Bertz CT molecular complexity index is 1320. The first-order chi connectivity index (χ1) is 15.7. The number of rotatable bonds is 6. The van der Waals surface area contributed by atoms with Crippen molar-refractivity contribution in [3.63, 3.8) is 0 Å². The van der Waals surface area contributed by atoms with Crippen molar-refractivity contribution < 1.29 is 16.8 Å². The summed E-state index contributed by atoms with van der Waals surface area (Å²) in [5.74, 6) is 0. The number of pyridine rings is 1. The Morgan fingerprint density at radius 1 is 0.758 bits per heavy atom. The molecule has 2 saturated heterocycles. The van der Waals surface area contributed by atoms with Crippen LogP contribution in [0.3, 0.4) is 0 Å². The molecule has 2 aliphatic rings. The molecule has 0 spiro atoms. The van der Waals surface area contributed by atoms with Crippen LogP contribution in [0.1, 0.15) is 18.4 Å². The zero-order valence-corrected chi connectivity index (χ0v) is 19.6. The van der Waals surface area contributed by atoms with Crippen molar-refractivity contribution in [2.45, 2.75) is 29.3 Å². The average molecular weight is 492 g/mol. The number of sulfonamides is 2. The van der Waals surface area contributed by atoms with Gasteiger partial charge in [-0.15, -0.1) is 0 Å². The predicted octanol–water partition coefficient (Wildman–Crippen LogP) is 0.468. The molecule has 3 heterocycles. The zero-order valence-electron chi connectivity index (χ0n) is 18.0. The molecule has 1 aromatic carbocycles. The Balaban J connectivity index is 1.44. The molecule has 0 N–H and O–H groups in total. The number of hydrogen-bond donors (Lipinski definition) is 0. The summed E-state index contributed by atoms with van der Waals surface area (Å²) in [5, 5.41) is 8.89. The summed E-state index contributed by atoms with van der Waals surface area (Å²) >= 11 is 0. The van der Waals surface area contributed by atoms with E-state index in [1.807, 2.05) is 11.0 Å². The fourth-order valence-corrected chi connectivity index (χ4v) is 6.99. The maximum Gasteiger partial charge on any atom is 0.251 e. The minimum Gasteiger partial charge on any atom is -0.301 e. The molecule has 4 rings (SSSR count). The van der Waals surface area contributed by atoms with Gasteiger partial charge < -0.3 is 4.57 Å². The Morgan fingerprint density at radius 3 is 1.91 bits per heavy atom. The molecule has 0 bridgehead atoms. The average Bonchev–Trinajstić information content (AvgIpc) is 3.37. The van der Waals surface area contributed by atoms with Gasteiger partial charge in [0, 0.05) is 51.5 Å². The molecule has 2 aliphatic heterocycles. The van der Waals surface area contributed by atoms with Crippen LogP contribution in [-0.4, -0.2) is 74.2 Å². The lowest BCUT2D eigenvalue weighted by atomic mass is 10.2. The van der Waals surface area contributed by atoms with Crippen molar-refractivity contribution in [2.24, 2.45) is 0 Å². The summed E-state index contributed by atoms with van der Waals surface area (Å²) in [6, 6.07) is 10.4. The van der Waals surface area contributed by atoms with Gasteiger partial charge in [-0.05, 0) is 43.2 Å². The molecule has 0 saturated carbocycles. The second-order valence-corrected chi connectivity index (χ2v) is 12.0. The quantitative estimate of drug-likeness (QED) is 0.575. The van der Waals surface area contributed by atoms with E-state index in [-0.39, 0.29) is 35.1 Å². The van der Waals surface area contributed by atoms with E-state index < -0.39 is 20.0 Å². The van der Waals surface area contributed by atoms with Gasteiger partial charge in [0.05, 0.1) is 28.1 Å². The summed E-state index contributed by atoms with van der Waals surface area (Å²) in [7, 11) is -7.32. The number of benzene rings is 1. The fraction of sp³-hybridized carbons (Fsp3) is 0.429. The van der Waals surface area contributed by atoms with Gasteiger partial charge in [-0.1, -0.05) is 0 Å². The highest BCUT2D eigenvalue weighted by Gasteiger charge is 2.30. The van der Waals surface area contributed by atoms with Crippen LogP contribution in [0.25, 0.3) is 0 Å². The minimum atomic E-state index is -3.68. The summed E-state index contributed by atoms with van der Waals surface area (Å²) in [5.41, 5.74) is 0.0705. The monoisotopic (exact) mass is 491 g/mol. The van der Waals surface area contributed by atoms with Crippen molar-refractivity contribution in [3.8, 4) is 6.07 Å². The van der Waals surface area contributed by atoms with Gasteiger partial charge in [0.15, 0.2) is 0 Å². The number of nitrogens with zero attached hydrogens (tertiary/aromatic N) is 5. The lowest BCUT2D eigenvalue weighted by Crippen LogP contribution is -2.49. The molecule has 0 aliphatic carbocycles. The highest BCUT2D eigenvalue weighted by Crippen LogP contribution is 2.21. The number of piperazine rings is 1. The highest BCUT2D eigenvalue weighted by atomic mass is 32.2. The molecule has 2 aromatic rings. The van der Waals surface area contributed by atoms with Crippen LogP contribution in [0.5, 0.6) is 0 Å². The molecular weight excluding hydrogens is 466 g/mol. The normalized spacial score (nSPS) is 18.9. The lowest BCUT2D eigenvalue weighted by Gasteiger charge is -2.34. The van der Waals surface area contributed by atoms with E-state index in [1.165, 1.54) is 55.8 Å². The second kappa shape index (κ2) is 9.36. The van der Waals surface area contributed by atoms with Crippen LogP contribution in [0.4, 0.5) is 0 Å². The molecule has 33 heavy (non-hydrogen) atoms. The first-order valence-electron chi connectivity index (χ1n) is 10.7. The standard InChI is InChI=1S/C21H25N5O5S2/c22-15-18-3-5-19(6-4-18)32(28,29)26-13-11-23(12-14-26)17-24-16-20(7-8-21(24)27)33(30,31)25-9-1-2-10-25/h3-8,16H,1-2,9-14,17H2. The maximum absolute atomic E-state index is 12.9. The summed E-state index contributed by atoms with van der Waals surface area (Å²) < 4.78 is 55.6. The number of nitriles is 1. The molecule has 0 amide bonds. The highest BCUT2D eigenvalue weighted by molar-refractivity contribution is 7.89. The predicted molar refractivity (Wildman–Crippen MR) is 120 cm³/mol. The fourth-order valence-electron chi connectivity index (χ4n) is 4.03. The van der Waals surface area contributed by atoms with Crippen LogP contribution >= 0.6 is 0 Å². The van der Waals surface area contributed by atoms with E-state index in [1.54, 1.807) is 0 Å². The molecule has 10 nitrogen and oxygen atoms in total. The molecule has 2 fully saturated rings. The number of aromatic nitrogens is 1. The molecular formula is C21H25N5O5S2. The Kier molecular flexibility index (Phi) is 6.69. The van der Waals surface area contributed by atoms with Crippen LogP contribution in [0, 0.1) is 11.3 Å². The Labute approximate surface area is 193 Å². The van der Waals surface area contributed by atoms with Gasteiger partial charge in [-0.2, -0.15) is 13.9 Å². The molecule has 1 aromatic heterocycles. The largest absolute Gasteiger partial charge is 0.301 e. The summed E-state index contributed by atoms with van der Waals surface area (Å²) in [6.07, 6.45) is 3.03. The van der Waals surface area contributed by atoms with Crippen LogP contribution in [-0.2, 0) is 26.7 Å². The van der Waals surface area contributed by atoms with Gasteiger partial charge in [-0.25, -0.2) is 16.8 Å². The van der Waals surface area contributed by atoms with Crippen LogP contribution < -0.4 is 5.56 Å². The van der Waals surface area contributed by atoms with Gasteiger partial charge in [0.25, 0.3) is 5.56 Å². The van der Waals surface area contributed by atoms with Crippen molar-refractivity contribution >= 4 is 20.0 Å². The first-order valence-corrected chi connectivity index (χ1v) is 13.5. The van der Waals surface area contributed by atoms with E-state index >= 15 is 0 Å². The van der Waals surface area contributed by atoms with Crippen molar-refractivity contribution in [3.05, 3.63) is 58.5 Å². The Hall–Kier alpha value is -2.56. The van der Waals surface area contributed by atoms with Crippen LogP contribution in [0.15, 0.2) is 57.2 Å². The molecule has 176 valence electrons. The molecule has 12 heteroatoms. The molecule has 0 unspecified atom stereocenters. The lowest BCUT2D eigenvalue weighted by molar-refractivity contribution is 0.150. The third-order valence-electron chi connectivity index (χ3n) is 5.96. The maximum atomic E-state index is 12.9. The van der Waals surface area contributed by atoms with E-state index in [4.69, 9.17) is 5.26 Å². The van der Waals surface area contributed by atoms with Crippen molar-refractivity contribution in [1.82, 2.24) is 18.1 Å². The van der Waals surface area contributed by atoms with E-state index in [9.17, 15) is 21.6 Å². The topological polar surface area (TPSA) is 124 Å². The minimum absolute atomic E-state index is 0.0889. The smallest absolute Gasteiger partial charge is 0.251 e. The van der Waals surface area contributed by atoms with Crippen molar-refractivity contribution in [1.29, 1.82) is 5.26 Å². The van der Waals surface area contributed by atoms with E-state index in [2.05, 4.69) is 0 Å². The summed E-state index contributed by atoms with van der Waals surface area (Å²) in [4.78, 5) is 14.5. The van der Waals surface area contributed by atoms with Crippen LogP contribution in [0.2, 0.25) is 0 Å². The molecule has 0 atom stereocenters. The third-order valence-corrected chi connectivity index (χ3v) is 9.76. The van der Waals surface area contributed by atoms with E-state index in [0.717, 1.165) is 12.8 Å². The van der Waals surface area contributed by atoms with Crippen molar-refractivity contribution in [2.75, 3.05) is 39.3 Å².